The van der Waals surface area contributed by atoms with Gasteiger partial charge in [-0.3, -0.25) is 4.98 Å². The number of aromatic nitrogens is 1. The maximum atomic E-state index is 5.48. The lowest BCUT2D eigenvalue weighted by atomic mass is 10.1. The fourth-order valence-electron chi connectivity index (χ4n) is 1.68. The fourth-order valence-corrected chi connectivity index (χ4v) is 1.80. The van der Waals surface area contributed by atoms with Gasteiger partial charge in [0.25, 0.3) is 0 Å². The summed E-state index contributed by atoms with van der Waals surface area (Å²) in [5.74, 6) is 0.686. The van der Waals surface area contributed by atoms with Crippen molar-refractivity contribution in [2.24, 2.45) is 11.7 Å². The Morgan fingerprint density at radius 2 is 2.12 bits per heavy atom. The predicted molar refractivity (Wildman–Crippen MR) is 72.7 cm³/mol. The third kappa shape index (κ3) is 4.14. The highest BCUT2D eigenvalue weighted by Gasteiger charge is 2.05. The molecule has 0 aromatic carbocycles. The van der Waals surface area contributed by atoms with E-state index < -0.39 is 0 Å². The Kier molecular flexibility index (Phi) is 4.68. The number of pyridine rings is 1. The zero-order valence-electron chi connectivity index (χ0n) is 10.0. The van der Waals surface area contributed by atoms with Gasteiger partial charge in [-0.05, 0) is 31.4 Å². The number of hydrogen-bond acceptors (Lipinski definition) is 3. The van der Waals surface area contributed by atoms with Crippen LogP contribution in [0.15, 0.2) is 18.3 Å². The van der Waals surface area contributed by atoms with Crippen LogP contribution in [0.2, 0.25) is 0 Å². The Hall–Kier alpha value is -1.16. The summed E-state index contributed by atoms with van der Waals surface area (Å²) < 4.78 is 0. The van der Waals surface area contributed by atoms with Gasteiger partial charge in [0, 0.05) is 6.04 Å². The molecule has 0 bridgehead atoms. The molecule has 0 spiro atoms. The monoisotopic (exact) mass is 237 g/mol. The Bertz CT molecular complexity index is 346. The van der Waals surface area contributed by atoms with E-state index in [1.165, 1.54) is 0 Å². The Morgan fingerprint density at radius 1 is 1.44 bits per heavy atom. The molecule has 0 radical (unpaired) electrons. The van der Waals surface area contributed by atoms with Gasteiger partial charge in [-0.25, -0.2) is 0 Å². The van der Waals surface area contributed by atoms with Gasteiger partial charge in [0.1, 0.15) is 4.99 Å². The van der Waals surface area contributed by atoms with Crippen LogP contribution in [0.1, 0.15) is 32.9 Å². The Balaban J connectivity index is 2.58. The number of hydrogen-bond donors (Lipinski definition) is 2. The van der Waals surface area contributed by atoms with E-state index in [-0.39, 0.29) is 0 Å². The van der Waals surface area contributed by atoms with Crippen LogP contribution in [0, 0.1) is 5.92 Å². The van der Waals surface area contributed by atoms with Crippen LogP contribution in [0.5, 0.6) is 0 Å². The van der Waals surface area contributed by atoms with Gasteiger partial charge in [-0.2, -0.15) is 0 Å². The van der Waals surface area contributed by atoms with Crippen LogP contribution >= 0.6 is 12.2 Å². The van der Waals surface area contributed by atoms with Gasteiger partial charge in [0.05, 0.1) is 17.6 Å². The van der Waals surface area contributed by atoms with Gasteiger partial charge in [0.15, 0.2) is 0 Å². The van der Waals surface area contributed by atoms with Crippen LogP contribution in [0.25, 0.3) is 0 Å². The topological polar surface area (TPSA) is 50.9 Å². The first-order valence-electron chi connectivity index (χ1n) is 5.51. The summed E-state index contributed by atoms with van der Waals surface area (Å²) in [6.45, 7) is 6.60. The molecule has 1 rings (SSSR count). The average molecular weight is 237 g/mol. The lowest BCUT2D eigenvalue weighted by molar-refractivity contribution is 0.539. The molecular weight excluding hydrogens is 218 g/mol. The first-order valence-corrected chi connectivity index (χ1v) is 5.92. The van der Waals surface area contributed by atoms with Crippen LogP contribution < -0.4 is 11.1 Å². The quantitative estimate of drug-likeness (QED) is 0.773. The third-order valence-corrected chi connectivity index (χ3v) is 2.46. The standard InChI is InChI=1S/C12H19N3S/c1-8(2)6-9(3)15-10-4-5-11(12(13)16)14-7-10/h4-5,7-9,15H,6H2,1-3H3,(H2,13,16). The van der Waals surface area contributed by atoms with Crippen molar-refractivity contribution >= 4 is 22.9 Å². The van der Waals surface area contributed by atoms with Crippen molar-refractivity contribution in [3.63, 3.8) is 0 Å². The minimum absolute atomic E-state index is 0.335. The lowest BCUT2D eigenvalue weighted by Gasteiger charge is -2.17. The van der Waals surface area contributed by atoms with E-state index in [0.29, 0.717) is 22.6 Å². The van der Waals surface area contributed by atoms with E-state index in [1.807, 2.05) is 12.1 Å². The van der Waals surface area contributed by atoms with Crippen molar-refractivity contribution in [2.75, 3.05) is 5.32 Å². The molecule has 16 heavy (non-hydrogen) atoms. The molecule has 0 aliphatic heterocycles. The maximum Gasteiger partial charge on any atom is 0.122 e. The zero-order chi connectivity index (χ0) is 12.1. The van der Waals surface area contributed by atoms with Gasteiger partial charge >= 0.3 is 0 Å². The van der Waals surface area contributed by atoms with E-state index in [1.54, 1.807) is 6.20 Å². The van der Waals surface area contributed by atoms with Crippen molar-refractivity contribution in [2.45, 2.75) is 33.2 Å². The maximum absolute atomic E-state index is 5.48. The molecular formula is C12H19N3S. The number of thiocarbonyl (C=S) groups is 1. The summed E-state index contributed by atoms with van der Waals surface area (Å²) in [5.41, 5.74) is 7.15. The number of nitrogens with one attached hydrogen (secondary N) is 1. The molecule has 3 N–H and O–H groups in total. The number of rotatable bonds is 5. The first kappa shape index (κ1) is 12.9. The molecule has 1 aromatic rings. The van der Waals surface area contributed by atoms with Crippen LogP contribution in [0.4, 0.5) is 5.69 Å². The Morgan fingerprint density at radius 3 is 2.56 bits per heavy atom. The van der Waals surface area contributed by atoms with E-state index in [0.717, 1.165) is 12.1 Å². The largest absolute Gasteiger partial charge is 0.388 e. The fraction of sp³-hybridized carbons (Fsp3) is 0.500. The van der Waals surface area contributed by atoms with Gasteiger partial charge in [0.2, 0.25) is 0 Å². The van der Waals surface area contributed by atoms with Crippen molar-refractivity contribution in [3.05, 3.63) is 24.0 Å². The molecule has 0 aliphatic carbocycles. The first-order chi connectivity index (χ1) is 7.49. The van der Waals surface area contributed by atoms with Crippen LogP contribution in [-0.4, -0.2) is 16.0 Å². The smallest absolute Gasteiger partial charge is 0.122 e. The summed E-state index contributed by atoms with van der Waals surface area (Å²) in [5, 5.41) is 3.39. The molecule has 0 amide bonds. The summed E-state index contributed by atoms with van der Waals surface area (Å²) in [4.78, 5) is 4.52. The molecule has 3 nitrogen and oxygen atoms in total. The second-order valence-electron chi connectivity index (χ2n) is 4.47. The second-order valence-corrected chi connectivity index (χ2v) is 4.91. The Labute approximate surface area is 102 Å². The highest BCUT2D eigenvalue weighted by Crippen LogP contribution is 2.12. The third-order valence-electron chi connectivity index (χ3n) is 2.25. The number of nitrogens with two attached hydrogens (primary N) is 1. The molecule has 1 heterocycles. The molecule has 1 unspecified atom stereocenters. The molecule has 0 saturated heterocycles. The minimum Gasteiger partial charge on any atom is -0.388 e. The van der Waals surface area contributed by atoms with Crippen molar-refractivity contribution in [1.29, 1.82) is 0 Å². The molecule has 4 heteroatoms. The van der Waals surface area contributed by atoms with Gasteiger partial charge in [-0.1, -0.05) is 26.1 Å². The van der Waals surface area contributed by atoms with Crippen molar-refractivity contribution < 1.29 is 0 Å². The summed E-state index contributed by atoms with van der Waals surface area (Å²) in [6.07, 6.45) is 2.91. The average Bonchev–Trinajstić information content (AvgIpc) is 2.16. The highest BCUT2D eigenvalue weighted by molar-refractivity contribution is 7.80. The van der Waals surface area contributed by atoms with Crippen LogP contribution in [-0.2, 0) is 0 Å². The molecule has 1 aromatic heterocycles. The molecule has 0 fully saturated rings. The lowest BCUT2D eigenvalue weighted by Crippen LogP contribution is -2.18. The molecule has 0 aliphatic rings. The molecule has 1 atom stereocenters. The molecule has 0 saturated carbocycles. The SMILES string of the molecule is CC(C)CC(C)Nc1ccc(C(N)=S)nc1. The summed E-state index contributed by atoms with van der Waals surface area (Å²) >= 11 is 4.85. The molecule has 88 valence electrons. The summed E-state index contributed by atoms with van der Waals surface area (Å²) in [6, 6.07) is 4.24. The van der Waals surface area contributed by atoms with Crippen molar-refractivity contribution in [3.8, 4) is 0 Å². The highest BCUT2D eigenvalue weighted by atomic mass is 32.1. The van der Waals surface area contributed by atoms with E-state index in [9.17, 15) is 0 Å². The second kappa shape index (κ2) is 5.80. The van der Waals surface area contributed by atoms with E-state index in [4.69, 9.17) is 18.0 Å². The predicted octanol–water partition coefficient (Wildman–Crippen LogP) is 2.56. The zero-order valence-corrected chi connectivity index (χ0v) is 10.8. The van der Waals surface area contributed by atoms with E-state index in [2.05, 4.69) is 31.1 Å². The summed E-state index contributed by atoms with van der Waals surface area (Å²) in [7, 11) is 0. The van der Waals surface area contributed by atoms with Gasteiger partial charge in [-0.15, -0.1) is 0 Å². The van der Waals surface area contributed by atoms with Gasteiger partial charge < -0.3 is 11.1 Å². The number of anilines is 1. The number of nitrogens with zero attached hydrogens (tertiary/aromatic N) is 1. The normalized spacial score (nSPS) is 12.5. The van der Waals surface area contributed by atoms with Crippen molar-refractivity contribution in [1.82, 2.24) is 4.98 Å². The van der Waals surface area contributed by atoms with E-state index >= 15 is 0 Å². The minimum atomic E-state index is 0.335. The van der Waals surface area contributed by atoms with Crippen LogP contribution in [0.3, 0.4) is 0 Å².